The van der Waals surface area contributed by atoms with Crippen LogP contribution in [0.2, 0.25) is 0 Å². The summed E-state index contributed by atoms with van der Waals surface area (Å²) in [5, 5.41) is 0. The van der Waals surface area contributed by atoms with E-state index < -0.39 is 0 Å². The van der Waals surface area contributed by atoms with Gasteiger partial charge in [0.1, 0.15) is 5.75 Å². The molecule has 1 N–H and O–H groups in total. The fourth-order valence-corrected chi connectivity index (χ4v) is 2.35. The second-order valence-corrected chi connectivity index (χ2v) is 4.71. The van der Waals surface area contributed by atoms with E-state index in [9.17, 15) is 4.79 Å². The zero-order valence-corrected chi connectivity index (χ0v) is 11.7. The van der Waals surface area contributed by atoms with Crippen LogP contribution < -0.4 is 10.3 Å². The number of H-pyrrole nitrogens is 1. The molecule has 0 amide bonds. The minimum Gasteiger partial charge on any atom is -0.496 e. The highest BCUT2D eigenvalue weighted by Gasteiger charge is 2.08. The lowest BCUT2D eigenvalue weighted by molar-refractivity contribution is 0.416. The largest absolute Gasteiger partial charge is 0.496 e. The number of aromatic nitrogens is 1. The maximum atomic E-state index is 12.0. The molecule has 0 spiro atoms. The number of rotatable bonds is 3. The molecule has 3 nitrogen and oxygen atoms in total. The molecule has 0 bridgehead atoms. The monoisotopic (exact) mass is 277 g/mol. The van der Waals surface area contributed by atoms with Crippen LogP contribution in [0.15, 0.2) is 71.5 Å². The number of hydrogen-bond acceptors (Lipinski definition) is 2. The molecule has 1 heterocycles. The van der Waals surface area contributed by atoms with Crippen molar-refractivity contribution in [2.75, 3.05) is 7.11 Å². The summed E-state index contributed by atoms with van der Waals surface area (Å²) in [5.74, 6) is 0.735. The Morgan fingerprint density at radius 2 is 1.57 bits per heavy atom. The molecule has 0 fully saturated rings. The highest BCUT2D eigenvalue weighted by molar-refractivity contribution is 5.73. The number of nitrogens with one attached hydrogen (secondary N) is 1. The molecule has 0 aliphatic carbocycles. The standard InChI is InChI=1S/C18H15NO2/c1-21-17-10-6-5-9-15(17)16-11-14(12-18(20)19-16)13-7-3-2-4-8-13/h2-12H,1H3,(H,19,20). The minimum absolute atomic E-state index is 0.128. The summed E-state index contributed by atoms with van der Waals surface area (Å²) in [6, 6.07) is 21.1. The van der Waals surface area contributed by atoms with Crippen LogP contribution in [0.5, 0.6) is 5.75 Å². The molecule has 0 radical (unpaired) electrons. The van der Waals surface area contributed by atoms with Gasteiger partial charge in [-0.15, -0.1) is 0 Å². The first-order valence-corrected chi connectivity index (χ1v) is 6.71. The van der Waals surface area contributed by atoms with Crippen molar-refractivity contribution < 1.29 is 4.74 Å². The fraction of sp³-hybridized carbons (Fsp3) is 0.0556. The number of para-hydroxylation sites is 1. The van der Waals surface area contributed by atoms with E-state index in [-0.39, 0.29) is 5.56 Å². The zero-order valence-electron chi connectivity index (χ0n) is 11.7. The smallest absolute Gasteiger partial charge is 0.249 e. The van der Waals surface area contributed by atoms with Crippen molar-refractivity contribution in [3.63, 3.8) is 0 Å². The van der Waals surface area contributed by atoms with Gasteiger partial charge in [-0.2, -0.15) is 0 Å². The highest BCUT2D eigenvalue weighted by atomic mass is 16.5. The van der Waals surface area contributed by atoms with Crippen molar-refractivity contribution >= 4 is 0 Å². The Balaban J connectivity index is 2.17. The Morgan fingerprint density at radius 3 is 2.33 bits per heavy atom. The van der Waals surface area contributed by atoms with Crippen molar-refractivity contribution in [1.82, 2.24) is 4.98 Å². The van der Waals surface area contributed by atoms with Gasteiger partial charge in [0.25, 0.3) is 0 Å². The lowest BCUT2D eigenvalue weighted by atomic mass is 10.0. The summed E-state index contributed by atoms with van der Waals surface area (Å²) in [6.07, 6.45) is 0. The molecule has 1 aromatic heterocycles. The molecular weight excluding hydrogens is 262 g/mol. The van der Waals surface area contributed by atoms with Crippen molar-refractivity contribution in [3.05, 3.63) is 77.1 Å². The van der Waals surface area contributed by atoms with Crippen molar-refractivity contribution in [2.24, 2.45) is 0 Å². The van der Waals surface area contributed by atoms with Gasteiger partial charge in [-0.1, -0.05) is 42.5 Å². The van der Waals surface area contributed by atoms with Gasteiger partial charge in [-0.05, 0) is 29.3 Å². The Morgan fingerprint density at radius 1 is 0.857 bits per heavy atom. The average molecular weight is 277 g/mol. The first kappa shape index (κ1) is 13.2. The van der Waals surface area contributed by atoms with Crippen LogP contribution in [-0.2, 0) is 0 Å². The molecule has 3 aromatic rings. The van der Waals surface area contributed by atoms with E-state index in [1.807, 2.05) is 60.7 Å². The quantitative estimate of drug-likeness (QED) is 0.792. The Hall–Kier alpha value is -2.81. The van der Waals surface area contributed by atoms with E-state index in [0.717, 1.165) is 28.1 Å². The molecule has 0 saturated heterocycles. The van der Waals surface area contributed by atoms with Gasteiger partial charge < -0.3 is 9.72 Å². The van der Waals surface area contributed by atoms with Crippen molar-refractivity contribution in [3.8, 4) is 28.1 Å². The van der Waals surface area contributed by atoms with E-state index in [1.54, 1.807) is 13.2 Å². The molecule has 0 unspecified atom stereocenters. The third kappa shape index (κ3) is 2.72. The molecule has 104 valence electrons. The van der Waals surface area contributed by atoms with Crippen molar-refractivity contribution in [1.29, 1.82) is 0 Å². The van der Waals surface area contributed by atoms with Gasteiger partial charge in [0.2, 0.25) is 5.56 Å². The van der Waals surface area contributed by atoms with Gasteiger partial charge in [0, 0.05) is 11.6 Å². The number of methoxy groups -OCH3 is 1. The van der Waals surface area contributed by atoms with Crippen LogP contribution in [0.4, 0.5) is 0 Å². The number of pyridine rings is 1. The number of benzene rings is 2. The van der Waals surface area contributed by atoms with Crippen LogP contribution in [-0.4, -0.2) is 12.1 Å². The lowest BCUT2D eigenvalue weighted by Crippen LogP contribution is -2.06. The number of aromatic amines is 1. The number of ether oxygens (including phenoxy) is 1. The minimum atomic E-state index is -0.128. The second-order valence-electron chi connectivity index (χ2n) is 4.71. The summed E-state index contributed by atoms with van der Waals surface area (Å²) in [5.41, 5.74) is 3.39. The predicted molar refractivity (Wildman–Crippen MR) is 84.5 cm³/mol. The average Bonchev–Trinajstić information content (AvgIpc) is 2.55. The zero-order chi connectivity index (χ0) is 14.7. The molecule has 3 rings (SSSR count). The van der Waals surface area contributed by atoms with Crippen LogP contribution in [0, 0.1) is 0 Å². The summed E-state index contributed by atoms with van der Waals surface area (Å²) < 4.78 is 5.36. The topological polar surface area (TPSA) is 42.1 Å². The third-order valence-corrected chi connectivity index (χ3v) is 3.35. The van der Waals surface area contributed by atoms with E-state index >= 15 is 0 Å². The van der Waals surface area contributed by atoms with Crippen LogP contribution in [0.1, 0.15) is 0 Å². The summed E-state index contributed by atoms with van der Waals surface area (Å²) in [6.45, 7) is 0. The summed E-state index contributed by atoms with van der Waals surface area (Å²) in [7, 11) is 1.62. The first-order chi connectivity index (χ1) is 10.3. The number of hydrogen-bond donors (Lipinski definition) is 1. The Bertz CT molecular complexity index is 807. The van der Waals surface area contributed by atoms with Gasteiger partial charge in [-0.25, -0.2) is 0 Å². The van der Waals surface area contributed by atoms with E-state index in [2.05, 4.69) is 4.98 Å². The van der Waals surface area contributed by atoms with Crippen LogP contribution >= 0.6 is 0 Å². The molecule has 0 aliphatic heterocycles. The lowest BCUT2D eigenvalue weighted by Gasteiger charge is -2.09. The second kappa shape index (κ2) is 5.67. The molecule has 21 heavy (non-hydrogen) atoms. The first-order valence-electron chi connectivity index (χ1n) is 6.71. The molecular formula is C18H15NO2. The highest BCUT2D eigenvalue weighted by Crippen LogP contribution is 2.29. The molecule has 0 saturated carbocycles. The van der Waals surface area contributed by atoms with E-state index in [1.165, 1.54) is 0 Å². The molecule has 2 aromatic carbocycles. The van der Waals surface area contributed by atoms with Crippen molar-refractivity contribution in [2.45, 2.75) is 0 Å². The van der Waals surface area contributed by atoms with Gasteiger partial charge in [0.05, 0.1) is 12.8 Å². The van der Waals surface area contributed by atoms with Crippen LogP contribution in [0.25, 0.3) is 22.4 Å². The maximum Gasteiger partial charge on any atom is 0.249 e. The van der Waals surface area contributed by atoms with Gasteiger partial charge in [0.15, 0.2) is 0 Å². The van der Waals surface area contributed by atoms with Crippen LogP contribution in [0.3, 0.4) is 0 Å². The SMILES string of the molecule is COc1ccccc1-c1cc(-c2ccccc2)cc(=O)[nH]1. The molecule has 0 atom stereocenters. The molecule has 0 aliphatic rings. The Labute approximate surface area is 122 Å². The predicted octanol–water partition coefficient (Wildman–Crippen LogP) is 3.72. The third-order valence-electron chi connectivity index (χ3n) is 3.35. The van der Waals surface area contributed by atoms with Gasteiger partial charge >= 0.3 is 0 Å². The molecule has 3 heteroatoms. The van der Waals surface area contributed by atoms with Gasteiger partial charge in [-0.3, -0.25) is 4.79 Å². The normalized spacial score (nSPS) is 10.3. The van der Waals surface area contributed by atoms with E-state index in [4.69, 9.17) is 4.74 Å². The fourth-order valence-electron chi connectivity index (χ4n) is 2.35. The Kier molecular flexibility index (Phi) is 3.56. The summed E-state index contributed by atoms with van der Waals surface area (Å²) >= 11 is 0. The van der Waals surface area contributed by atoms with E-state index in [0.29, 0.717) is 0 Å². The summed E-state index contributed by atoms with van der Waals surface area (Å²) in [4.78, 5) is 14.8. The maximum absolute atomic E-state index is 12.0.